The Morgan fingerprint density at radius 2 is 2.12 bits per heavy atom. The molecular weight excluding hydrogens is 336 g/mol. The van der Waals surface area contributed by atoms with Crippen LogP contribution in [0.5, 0.6) is 0 Å². The number of carbonyl (C=O) groups excluding carboxylic acids is 1. The molecule has 25 heavy (non-hydrogen) atoms. The first-order chi connectivity index (χ1) is 12.1. The van der Waals surface area contributed by atoms with Gasteiger partial charge in [0.25, 0.3) is 0 Å². The number of para-hydroxylation sites is 1. The number of piperidine rings is 1. The van der Waals surface area contributed by atoms with Crippen LogP contribution in [0.3, 0.4) is 0 Å². The van der Waals surface area contributed by atoms with E-state index in [4.69, 9.17) is 9.40 Å². The molecule has 7 heteroatoms. The van der Waals surface area contributed by atoms with Crippen LogP contribution in [-0.2, 0) is 0 Å². The van der Waals surface area contributed by atoms with Crippen LogP contribution in [0.4, 0.5) is 10.8 Å². The minimum absolute atomic E-state index is 0.00306. The molecule has 1 atom stereocenters. The average molecular weight is 356 g/mol. The van der Waals surface area contributed by atoms with E-state index in [1.54, 1.807) is 11.3 Å². The third-order valence-electron chi connectivity index (χ3n) is 4.60. The summed E-state index contributed by atoms with van der Waals surface area (Å²) in [7, 11) is 0. The standard InChI is InChI=1S/C18H20N4O2S/c1-11-12(2)24-17(19-11)21-18(23)22-10-6-5-8-14(22)16-20-13-7-3-4-9-15(13)25-16/h3-4,7,9,14H,5-6,8,10H2,1-2H3,(H,19,21,23). The summed E-state index contributed by atoms with van der Waals surface area (Å²) in [6.07, 6.45) is 3.02. The van der Waals surface area contributed by atoms with Crippen molar-refractivity contribution in [1.82, 2.24) is 14.9 Å². The van der Waals surface area contributed by atoms with E-state index in [-0.39, 0.29) is 18.1 Å². The molecule has 1 N–H and O–H groups in total. The lowest BCUT2D eigenvalue weighted by molar-refractivity contribution is 0.163. The highest BCUT2D eigenvalue weighted by Crippen LogP contribution is 2.35. The zero-order valence-corrected chi connectivity index (χ0v) is 15.1. The third kappa shape index (κ3) is 3.11. The van der Waals surface area contributed by atoms with Gasteiger partial charge in [-0.3, -0.25) is 5.32 Å². The van der Waals surface area contributed by atoms with E-state index in [0.29, 0.717) is 6.54 Å². The average Bonchev–Trinajstić information content (AvgIpc) is 3.18. The summed E-state index contributed by atoms with van der Waals surface area (Å²) in [5.41, 5.74) is 1.78. The monoisotopic (exact) mass is 356 g/mol. The molecule has 1 saturated heterocycles. The number of aryl methyl sites for hydroxylation is 2. The zero-order valence-electron chi connectivity index (χ0n) is 14.3. The normalized spacial score (nSPS) is 17.8. The van der Waals surface area contributed by atoms with Gasteiger partial charge in [0.15, 0.2) is 0 Å². The van der Waals surface area contributed by atoms with E-state index < -0.39 is 0 Å². The molecule has 1 aliphatic heterocycles. The fourth-order valence-electron chi connectivity index (χ4n) is 3.15. The summed E-state index contributed by atoms with van der Waals surface area (Å²) in [6.45, 7) is 4.41. The van der Waals surface area contributed by atoms with Crippen molar-refractivity contribution in [3.05, 3.63) is 40.7 Å². The Morgan fingerprint density at radius 1 is 1.28 bits per heavy atom. The zero-order chi connectivity index (χ0) is 17.4. The molecule has 0 radical (unpaired) electrons. The lowest BCUT2D eigenvalue weighted by Gasteiger charge is -2.34. The number of hydrogen-bond donors (Lipinski definition) is 1. The lowest BCUT2D eigenvalue weighted by atomic mass is 10.0. The number of carbonyl (C=O) groups is 1. The molecule has 0 spiro atoms. The summed E-state index contributed by atoms with van der Waals surface area (Å²) >= 11 is 1.67. The molecule has 1 aliphatic rings. The molecule has 2 amide bonds. The number of nitrogens with zero attached hydrogens (tertiary/aromatic N) is 3. The fraction of sp³-hybridized carbons (Fsp3) is 0.389. The molecule has 4 rings (SSSR count). The maximum absolute atomic E-state index is 12.8. The number of hydrogen-bond acceptors (Lipinski definition) is 5. The highest BCUT2D eigenvalue weighted by Gasteiger charge is 2.31. The van der Waals surface area contributed by atoms with Crippen LogP contribution in [-0.4, -0.2) is 27.4 Å². The van der Waals surface area contributed by atoms with E-state index in [0.717, 1.165) is 45.9 Å². The van der Waals surface area contributed by atoms with Gasteiger partial charge in [-0.25, -0.2) is 9.78 Å². The van der Waals surface area contributed by atoms with Gasteiger partial charge >= 0.3 is 12.0 Å². The summed E-state index contributed by atoms with van der Waals surface area (Å²) in [6, 6.07) is 8.18. The number of oxazole rings is 1. The predicted octanol–water partition coefficient (Wildman–Crippen LogP) is 4.66. The highest BCUT2D eigenvalue weighted by molar-refractivity contribution is 7.18. The Balaban J connectivity index is 1.58. The van der Waals surface area contributed by atoms with Crippen LogP contribution in [0.2, 0.25) is 0 Å². The number of thiazole rings is 1. The molecular formula is C18H20N4O2S. The molecule has 3 heterocycles. The predicted molar refractivity (Wildman–Crippen MR) is 97.9 cm³/mol. The number of amides is 2. The molecule has 0 aliphatic carbocycles. The van der Waals surface area contributed by atoms with E-state index in [2.05, 4.69) is 16.4 Å². The second-order valence-corrected chi connectivity index (χ2v) is 7.38. The minimum atomic E-state index is -0.176. The van der Waals surface area contributed by atoms with Crippen LogP contribution in [0, 0.1) is 13.8 Å². The van der Waals surface area contributed by atoms with Crippen molar-refractivity contribution in [3.8, 4) is 0 Å². The van der Waals surface area contributed by atoms with E-state index >= 15 is 0 Å². The van der Waals surface area contributed by atoms with Crippen LogP contribution in [0.1, 0.15) is 41.8 Å². The van der Waals surface area contributed by atoms with Gasteiger partial charge in [0.05, 0.1) is 22.0 Å². The topological polar surface area (TPSA) is 71.3 Å². The Kier molecular flexibility index (Phi) is 4.17. The van der Waals surface area contributed by atoms with E-state index in [1.807, 2.05) is 36.9 Å². The van der Waals surface area contributed by atoms with Gasteiger partial charge in [-0.05, 0) is 45.2 Å². The van der Waals surface area contributed by atoms with Crippen molar-refractivity contribution in [1.29, 1.82) is 0 Å². The smallest absolute Gasteiger partial charge is 0.326 e. The second-order valence-electron chi connectivity index (χ2n) is 6.32. The van der Waals surface area contributed by atoms with Gasteiger partial charge < -0.3 is 9.32 Å². The summed E-state index contributed by atoms with van der Waals surface area (Å²) in [5.74, 6) is 0.719. The molecule has 1 unspecified atom stereocenters. The maximum Gasteiger partial charge on any atom is 0.326 e. The SMILES string of the molecule is Cc1nc(NC(=O)N2CCCCC2c2nc3ccccc3s2)oc1C. The van der Waals surface area contributed by atoms with Gasteiger partial charge in [0.2, 0.25) is 0 Å². The maximum atomic E-state index is 12.8. The number of fused-ring (bicyclic) bond motifs is 1. The number of nitrogens with one attached hydrogen (secondary N) is 1. The molecule has 1 aromatic carbocycles. The number of rotatable bonds is 2. The van der Waals surface area contributed by atoms with E-state index in [1.165, 1.54) is 0 Å². The Hall–Kier alpha value is -2.41. The molecule has 6 nitrogen and oxygen atoms in total. The van der Waals surface area contributed by atoms with Gasteiger partial charge in [0, 0.05) is 6.54 Å². The number of urea groups is 1. The third-order valence-corrected chi connectivity index (χ3v) is 5.74. The van der Waals surface area contributed by atoms with Crippen molar-refractivity contribution < 1.29 is 9.21 Å². The number of aromatic nitrogens is 2. The van der Waals surface area contributed by atoms with Crippen molar-refractivity contribution in [2.24, 2.45) is 0 Å². The van der Waals surface area contributed by atoms with Crippen LogP contribution >= 0.6 is 11.3 Å². The number of likely N-dealkylation sites (tertiary alicyclic amines) is 1. The highest BCUT2D eigenvalue weighted by atomic mass is 32.1. The molecule has 130 valence electrons. The van der Waals surface area contributed by atoms with Gasteiger partial charge in [0.1, 0.15) is 10.8 Å². The molecule has 1 fully saturated rings. The summed E-state index contributed by atoms with van der Waals surface area (Å²) in [5, 5.41) is 3.79. The fourth-order valence-corrected chi connectivity index (χ4v) is 4.27. The lowest BCUT2D eigenvalue weighted by Crippen LogP contribution is -2.41. The number of benzene rings is 1. The second kappa shape index (κ2) is 6.48. The minimum Gasteiger partial charge on any atom is -0.428 e. The summed E-state index contributed by atoms with van der Waals surface area (Å²) in [4.78, 5) is 23.6. The van der Waals surface area contributed by atoms with Crippen LogP contribution in [0.25, 0.3) is 10.2 Å². The van der Waals surface area contributed by atoms with E-state index in [9.17, 15) is 4.79 Å². The quantitative estimate of drug-likeness (QED) is 0.725. The first-order valence-electron chi connectivity index (χ1n) is 8.49. The Labute approximate surface area is 149 Å². The Bertz CT molecular complexity index is 864. The molecule has 0 bridgehead atoms. The van der Waals surface area contributed by atoms with Crippen LogP contribution < -0.4 is 5.32 Å². The van der Waals surface area contributed by atoms with Crippen molar-refractivity contribution in [2.45, 2.75) is 39.2 Å². The Morgan fingerprint density at radius 3 is 2.88 bits per heavy atom. The number of anilines is 1. The molecule has 3 aromatic rings. The molecule has 0 saturated carbocycles. The van der Waals surface area contributed by atoms with Crippen molar-refractivity contribution >= 4 is 33.6 Å². The van der Waals surface area contributed by atoms with Gasteiger partial charge in [-0.1, -0.05) is 12.1 Å². The van der Waals surface area contributed by atoms with Crippen LogP contribution in [0.15, 0.2) is 28.7 Å². The first-order valence-corrected chi connectivity index (χ1v) is 9.30. The largest absolute Gasteiger partial charge is 0.428 e. The summed E-state index contributed by atoms with van der Waals surface area (Å²) < 4.78 is 6.64. The van der Waals surface area contributed by atoms with Crippen molar-refractivity contribution in [3.63, 3.8) is 0 Å². The molecule has 2 aromatic heterocycles. The van der Waals surface area contributed by atoms with Gasteiger partial charge in [-0.2, -0.15) is 4.98 Å². The first kappa shape index (κ1) is 16.1. The van der Waals surface area contributed by atoms with Crippen molar-refractivity contribution in [2.75, 3.05) is 11.9 Å². The van der Waals surface area contributed by atoms with Gasteiger partial charge in [-0.15, -0.1) is 11.3 Å².